The van der Waals surface area contributed by atoms with E-state index in [0.717, 1.165) is 25.1 Å². The Balaban J connectivity index is 2.66. The Morgan fingerprint density at radius 3 is 2.84 bits per heavy atom. The number of nitrogens with zero attached hydrogens (tertiary/aromatic N) is 1. The first-order valence-electron chi connectivity index (χ1n) is 6.28. The second kappa shape index (κ2) is 8.39. The molecule has 0 saturated carbocycles. The molecule has 0 saturated heterocycles. The SMILES string of the molecule is CCCNc1cc(S(=O)(=O)NCCCSC)ccn1. The largest absolute Gasteiger partial charge is 0.370 e. The minimum atomic E-state index is -3.43. The van der Waals surface area contributed by atoms with E-state index < -0.39 is 10.0 Å². The number of aromatic nitrogens is 1. The zero-order valence-electron chi connectivity index (χ0n) is 11.3. The quantitative estimate of drug-likeness (QED) is 0.682. The van der Waals surface area contributed by atoms with Gasteiger partial charge in [-0.1, -0.05) is 6.92 Å². The summed E-state index contributed by atoms with van der Waals surface area (Å²) < 4.78 is 26.7. The Labute approximate surface area is 119 Å². The summed E-state index contributed by atoms with van der Waals surface area (Å²) in [7, 11) is -3.43. The van der Waals surface area contributed by atoms with Crippen LogP contribution in [0.2, 0.25) is 0 Å². The molecule has 1 rings (SSSR count). The van der Waals surface area contributed by atoms with E-state index in [2.05, 4.69) is 15.0 Å². The second-order valence-corrected chi connectivity index (χ2v) is 6.80. The number of anilines is 1. The van der Waals surface area contributed by atoms with Gasteiger partial charge in [-0.2, -0.15) is 11.8 Å². The van der Waals surface area contributed by atoms with E-state index in [1.807, 2.05) is 13.2 Å². The number of pyridine rings is 1. The molecule has 0 aliphatic rings. The molecular weight excluding hydrogens is 282 g/mol. The fraction of sp³-hybridized carbons (Fsp3) is 0.583. The molecule has 0 spiro atoms. The van der Waals surface area contributed by atoms with Crippen molar-refractivity contribution in [3.8, 4) is 0 Å². The maximum Gasteiger partial charge on any atom is 0.240 e. The third-order valence-electron chi connectivity index (χ3n) is 2.42. The smallest absolute Gasteiger partial charge is 0.240 e. The molecule has 0 atom stereocenters. The molecular formula is C12H21N3O2S2. The molecule has 1 aromatic rings. The summed E-state index contributed by atoms with van der Waals surface area (Å²) in [6.07, 6.45) is 5.30. The van der Waals surface area contributed by atoms with Crippen LogP contribution in [0.5, 0.6) is 0 Å². The summed E-state index contributed by atoms with van der Waals surface area (Å²) in [6, 6.07) is 3.07. The molecule has 0 amide bonds. The highest BCUT2D eigenvalue weighted by atomic mass is 32.2. The maximum absolute atomic E-state index is 12.0. The van der Waals surface area contributed by atoms with E-state index in [1.54, 1.807) is 17.8 Å². The van der Waals surface area contributed by atoms with Gasteiger partial charge in [0, 0.05) is 25.4 Å². The second-order valence-electron chi connectivity index (χ2n) is 4.05. The molecule has 0 aromatic carbocycles. The van der Waals surface area contributed by atoms with Crippen LogP contribution in [0.3, 0.4) is 0 Å². The Bertz CT molecular complexity index is 478. The topological polar surface area (TPSA) is 71.1 Å². The van der Waals surface area contributed by atoms with Crippen LogP contribution >= 0.6 is 11.8 Å². The number of nitrogens with one attached hydrogen (secondary N) is 2. The van der Waals surface area contributed by atoms with Crippen molar-refractivity contribution in [2.75, 3.05) is 30.4 Å². The molecule has 0 radical (unpaired) electrons. The van der Waals surface area contributed by atoms with Crippen molar-refractivity contribution in [2.24, 2.45) is 0 Å². The molecule has 5 nitrogen and oxygen atoms in total. The van der Waals surface area contributed by atoms with Crippen LogP contribution < -0.4 is 10.0 Å². The zero-order chi connectivity index (χ0) is 14.1. The molecule has 0 fully saturated rings. The fourth-order valence-electron chi connectivity index (χ4n) is 1.43. The van der Waals surface area contributed by atoms with E-state index in [1.165, 1.54) is 12.3 Å². The predicted molar refractivity (Wildman–Crippen MR) is 81.2 cm³/mol. The van der Waals surface area contributed by atoms with Gasteiger partial charge in [-0.25, -0.2) is 18.1 Å². The number of rotatable bonds is 9. The molecule has 0 aliphatic carbocycles. The van der Waals surface area contributed by atoms with E-state index >= 15 is 0 Å². The van der Waals surface area contributed by atoms with E-state index in [0.29, 0.717) is 12.4 Å². The lowest BCUT2D eigenvalue weighted by Gasteiger charge is -2.08. The van der Waals surface area contributed by atoms with Crippen molar-refractivity contribution in [1.82, 2.24) is 9.71 Å². The monoisotopic (exact) mass is 303 g/mol. The summed E-state index contributed by atoms with van der Waals surface area (Å²) in [5.41, 5.74) is 0. The Hall–Kier alpha value is -0.790. The fourth-order valence-corrected chi connectivity index (χ4v) is 2.95. The number of sulfonamides is 1. The van der Waals surface area contributed by atoms with Crippen molar-refractivity contribution in [3.05, 3.63) is 18.3 Å². The lowest BCUT2D eigenvalue weighted by molar-refractivity contribution is 0.581. The van der Waals surface area contributed by atoms with Gasteiger partial charge in [0.1, 0.15) is 5.82 Å². The Morgan fingerprint density at radius 1 is 1.37 bits per heavy atom. The first-order chi connectivity index (χ1) is 9.10. The Kier molecular flexibility index (Phi) is 7.19. The first-order valence-corrected chi connectivity index (χ1v) is 9.16. The van der Waals surface area contributed by atoms with Gasteiger partial charge in [0.05, 0.1) is 4.90 Å². The first kappa shape index (κ1) is 16.3. The van der Waals surface area contributed by atoms with Crippen LogP contribution in [-0.4, -0.2) is 38.5 Å². The molecule has 1 heterocycles. The van der Waals surface area contributed by atoms with Crippen molar-refractivity contribution < 1.29 is 8.42 Å². The van der Waals surface area contributed by atoms with Gasteiger partial charge in [0.2, 0.25) is 10.0 Å². The molecule has 2 N–H and O–H groups in total. The summed E-state index contributed by atoms with van der Waals surface area (Å²) in [5.74, 6) is 1.54. The zero-order valence-corrected chi connectivity index (χ0v) is 13.0. The van der Waals surface area contributed by atoms with Gasteiger partial charge in [0.15, 0.2) is 0 Å². The lowest BCUT2D eigenvalue weighted by atomic mass is 10.4. The molecule has 0 aliphatic heterocycles. The highest BCUT2D eigenvalue weighted by Gasteiger charge is 2.13. The average molecular weight is 303 g/mol. The van der Waals surface area contributed by atoms with E-state index in [4.69, 9.17) is 0 Å². The van der Waals surface area contributed by atoms with Crippen molar-refractivity contribution >= 4 is 27.6 Å². The highest BCUT2D eigenvalue weighted by molar-refractivity contribution is 7.98. The normalized spacial score (nSPS) is 11.5. The van der Waals surface area contributed by atoms with Crippen LogP contribution in [0, 0.1) is 0 Å². The van der Waals surface area contributed by atoms with E-state index in [-0.39, 0.29) is 4.90 Å². The molecule has 0 unspecified atom stereocenters. The van der Waals surface area contributed by atoms with Crippen LogP contribution in [0.1, 0.15) is 19.8 Å². The predicted octanol–water partition coefficient (Wildman–Crippen LogP) is 1.93. The summed E-state index contributed by atoms with van der Waals surface area (Å²) in [4.78, 5) is 4.35. The van der Waals surface area contributed by atoms with Crippen molar-refractivity contribution in [3.63, 3.8) is 0 Å². The molecule has 0 bridgehead atoms. The molecule has 1 aromatic heterocycles. The third-order valence-corrected chi connectivity index (χ3v) is 4.57. The highest BCUT2D eigenvalue weighted by Crippen LogP contribution is 2.12. The summed E-state index contributed by atoms with van der Waals surface area (Å²) >= 11 is 1.70. The number of hydrogen-bond donors (Lipinski definition) is 2. The average Bonchev–Trinajstić information content (AvgIpc) is 2.42. The third kappa shape index (κ3) is 5.80. The van der Waals surface area contributed by atoms with Crippen molar-refractivity contribution in [2.45, 2.75) is 24.7 Å². The van der Waals surface area contributed by atoms with Crippen LogP contribution in [0.25, 0.3) is 0 Å². The van der Waals surface area contributed by atoms with Gasteiger partial charge in [0.25, 0.3) is 0 Å². The van der Waals surface area contributed by atoms with Gasteiger partial charge < -0.3 is 5.32 Å². The molecule has 19 heavy (non-hydrogen) atoms. The van der Waals surface area contributed by atoms with Crippen LogP contribution in [0.15, 0.2) is 23.2 Å². The Morgan fingerprint density at radius 2 is 2.16 bits per heavy atom. The number of thioether (sulfide) groups is 1. The molecule has 108 valence electrons. The number of hydrogen-bond acceptors (Lipinski definition) is 5. The lowest BCUT2D eigenvalue weighted by Crippen LogP contribution is -2.25. The minimum Gasteiger partial charge on any atom is -0.370 e. The maximum atomic E-state index is 12.0. The molecule has 7 heteroatoms. The van der Waals surface area contributed by atoms with E-state index in [9.17, 15) is 8.42 Å². The summed E-state index contributed by atoms with van der Waals surface area (Å²) in [5, 5.41) is 3.08. The standard InChI is InChI=1S/C12H21N3O2S2/c1-3-6-13-12-10-11(5-8-14-12)19(16,17)15-7-4-9-18-2/h5,8,10,15H,3-4,6-7,9H2,1-2H3,(H,13,14). The van der Waals surface area contributed by atoms with Gasteiger partial charge in [-0.15, -0.1) is 0 Å². The van der Waals surface area contributed by atoms with Crippen molar-refractivity contribution in [1.29, 1.82) is 0 Å². The summed E-state index contributed by atoms with van der Waals surface area (Å²) in [6.45, 7) is 3.28. The van der Waals surface area contributed by atoms with Crippen LogP contribution in [-0.2, 0) is 10.0 Å². The van der Waals surface area contributed by atoms with Gasteiger partial charge in [-0.3, -0.25) is 0 Å². The van der Waals surface area contributed by atoms with Gasteiger partial charge >= 0.3 is 0 Å². The van der Waals surface area contributed by atoms with Gasteiger partial charge in [-0.05, 0) is 30.9 Å². The van der Waals surface area contributed by atoms with Crippen LogP contribution in [0.4, 0.5) is 5.82 Å². The minimum absolute atomic E-state index is 0.255.